The molecule has 108 valence electrons. The van der Waals surface area contributed by atoms with Gasteiger partial charge in [0.15, 0.2) is 0 Å². The van der Waals surface area contributed by atoms with E-state index in [-0.39, 0.29) is 11.9 Å². The summed E-state index contributed by atoms with van der Waals surface area (Å²) in [4.78, 5) is 4.33. The second kappa shape index (κ2) is 5.84. The van der Waals surface area contributed by atoms with Crippen LogP contribution in [0.15, 0.2) is 47.0 Å². The Bertz CT molecular complexity index is 755. The van der Waals surface area contributed by atoms with Crippen molar-refractivity contribution in [1.29, 1.82) is 0 Å². The Morgan fingerprint density at radius 2 is 2.14 bits per heavy atom. The van der Waals surface area contributed by atoms with Crippen LogP contribution in [-0.4, -0.2) is 11.5 Å². The minimum Gasteiger partial charge on any atom is -0.459 e. The molecule has 0 saturated heterocycles. The van der Waals surface area contributed by atoms with Crippen LogP contribution in [-0.2, 0) is 0 Å². The number of halogens is 2. The number of furan rings is 1. The number of rotatable bonds is 4. The summed E-state index contributed by atoms with van der Waals surface area (Å²) in [7, 11) is 0. The van der Waals surface area contributed by atoms with Gasteiger partial charge < -0.3 is 9.73 Å². The van der Waals surface area contributed by atoms with Gasteiger partial charge in [0.05, 0.1) is 10.7 Å². The van der Waals surface area contributed by atoms with Crippen LogP contribution < -0.4 is 5.32 Å². The van der Waals surface area contributed by atoms with Crippen molar-refractivity contribution >= 4 is 22.6 Å². The van der Waals surface area contributed by atoms with Crippen molar-refractivity contribution in [2.75, 3.05) is 6.54 Å². The van der Waals surface area contributed by atoms with Crippen LogP contribution in [0, 0.1) is 5.82 Å². The molecule has 0 fully saturated rings. The van der Waals surface area contributed by atoms with Crippen LogP contribution in [0.4, 0.5) is 4.39 Å². The molecular weight excluding hydrogens is 291 g/mol. The molecule has 5 heteroatoms. The summed E-state index contributed by atoms with van der Waals surface area (Å²) in [5.41, 5.74) is 1.46. The lowest BCUT2D eigenvalue weighted by Gasteiger charge is -2.14. The molecular formula is C16H14ClFN2O. The van der Waals surface area contributed by atoms with E-state index in [1.807, 2.05) is 19.1 Å². The molecule has 2 heterocycles. The van der Waals surface area contributed by atoms with Crippen molar-refractivity contribution in [2.24, 2.45) is 0 Å². The quantitative estimate of drug-likeness (QED) is 0.780. The van der Waals surface area contributed by atoms with Gasteiger partial charge in [0.2, 0.25) is 0 Å². The fourth-order valence-electron chi connectivity index (χ4n) is 2.29. The maximum absolute atomic E-state index is 13.3. The molecule has 0 amide bonds. The lowest BCUT2D eigenvalue weighted by Crippen LogP contribution is -2.22. The van der Waals surface area contributed by atoms with E-state index in [9.17, 15) is 4.39 Å². The summed E-state index contributed by atoms with van der Waals surface area (Å²) < 4.78 is 19.1. The zero-order valence-corrected chi connectivity index (χ0v) is 12.2. The number of hydrogen-bond donors (Lipinski definition) is 1. The molecule has 1 aromatic carbocycles. The Balaban J connectivity index is 2.04. The van der Waals surface area contributed by atoms with Crippen molar-refractivity contribution in [3.05, 3.63) is 64.9 Å². The molecule has 0 aliphatic heterocycles. The maximum atomic E-state index is 13.3. The SMILES string of the molecule is CCNC(c1ccc(Cl)cn1)c1cc2cc(F)ccc2o1. The number of hydrogen-bond acceptors (Lipinski definition) is 3. The number of nitrogens with one attached hydrogen (secondary N) is 1. The number of pyridine rings is 1. The number of nitrogens with zero attached hydrogens (tertiary/aromatic N) is 1. The van der Waals surface area contributed by atoms with E-state index in [2.05, 4.69) is 10.3 Å². The summed E-state index contributed by atoms with van der Waals surface area (Å²) in [6.45, 7) is 2.76. The van der Waals surface area contributed by atoms with Gasteiger partial charge >= 0.3 is 0 Å². The van der Waals surface area contributed by atoms with E-state index in [1.54, 1.807) is 18.3 Å². The molecule has 3 nitrogen and oxygen atoms in total. The van der Waals surface area contributed by atoms with E-state index >= 15 is 0 Å². The number of aromatic nitrogens is 1. The molecule has 0 spiro atoms. The molecule has 1 N–H and O–H groups in total. The van der Waals surface area contributed by atoms with Crippen molar-refractivity contribution in [1.82, 2.24) is 10.3 Å². The van der Waals surface area contributed by atoms with E-state index in [0.717, 1.165) is 17.6 Å². The Morgan fingerprint density at radius 1 is 1.29 bits per heavy atom. The predicted molar refractivity (Wildman–Crippen MR) is 80.9 cm³/mol. The molecule has 3 rings (SSSR count). The smallest absolute Gasteiger partial charge is 0.134 e. The minimum absolute atomic E-state index is 0.192. The molecule has 1 unspecified atom stereocenters. The Kier molecular flexibility index (Phi) is 3.90. The average molecular weight is 305 g/mol. The minimum atomic E-state index is -0.278. The zero-order chi connectivity index (χ0) is 14.8. The van der Waals surface area contributed by atoms with Crippen LogP contribution in [0.3, 0.4) is 0 Å². The van der Waals surface area contributed by atoms with Gasteiger partial charge in [-0.2, -0.15) is 0 Å². The van der Waals surface area contributed by atoms with Gasteiger partial charge in [-0.1, -0.05) is 18.5 Å². The highest BCUT2D eigenvalue weighted by molar-refractivity contribution is 6.30. The molecule has 21 heavy (non-hydrogen) atoms. The van der Waals surface area contributed by atoms with Gasteiger partial charge in [-0.05, 0) is 42.9 Å². The fraction of sp³-hybridized carbons (Fsp3) is 0.188. The lowest BCUT2D eigenvalue weighted by molar-refractivity contribution is 0.471. The van der Waals surface area contributed by atoms with Crippen LogP contribution in [0.2, 0.25) is 5.02 Å². The van der Waals surface area contributed by atoms with Crippen molar-refractivity contribution in [3.8, 4) is 0 Å². The first-order chi connectivity index (χ1) is 10.2. The van der Waals surface area contributed by atoms with E-state index in [1.165, 1.54) is 12.1 Å². The third-order valence-electron chi connectivity index (χ3n) is 3.24. The summed E-state index contributed by atoms with van der Waals surface area (Å²) in [6, 6.07) is 9.76. The highest BCUT2D eigenvalue weighted by Crippen LogP contribution is 2.28. The molecule has 0 saturated carbocycles. The highest BCUT2D eigenvalue weighted by Gasteiger charge is 2.19. The monoisotopic (exact) mass is 304 g/mol. The fourth-order valence-corrected chi connectivity index (χ4v) is 2.40. The Labute approximate surface area is 126 Å². The van der Waals surface area contributed by atoms with Gasteiger partial charge in [0.25, 0.3) is 0 Å². The van der Waals surface area contributed by atoms with Crippen molar-refractivity contribution < 1.29 is 8.81 Å². The summed E-state index contributed by atoms with van der Waals surface area (Å²) in [5, 5.41) is 4.64. The summed E-state index contributed by atoms with van der Waals surface area (Å²) >= 11 is 5.87. The van der Waals surface area contributed by atoms with Crippen molar-refractivity contribution in [2.45, 2.75) is 13.0 Å². The van der Waals surface area contributed by atoms with Crippen LogP contribution in [0.25, 0.3) is 11.0 Å². The normalized spacial score (nSPS) is 12.7. The second-order valence-corrected chi connectivity index (χ2v) is 5.16. The van der Waals surface area contributed by atoms with Crippen LogP contribution >= 0.6 is 11.6 Å². The van der Waals surface area contributed by atoms with Gasteiger partial charge in [-0.15, -0.1) is 0 Å². The second-order valence-electron chi connectivity index (χ2n) is 4.72. The van der Waals surface area contributed by atoms with Gasteiger partial charge in [0.1, 0.15) is 23.2 Å². The first-order valence-corrected chi connectivity index (χ1v) is 7.09. The van der Waals surface area contributed by atoms with E-state index in [4.69, 9.17) is 16.0 Å². The van der Waals surface area contributed by atoms with Crippen LogP contribution in [0.5, 0.6) is 0 Å². The molecule has 0 radical (unpaired) electrons. The first kappa shape index (κ1) is 14.0. The molecule has 0 aliphatic rings. The van der Waals surface area contributed by atoms with Crippen LogP contribution in [0.1, 0.15) is 24.4 Å². The summed E-state index contributed by atoms with van der Waals surface area (Å²) in [5.74, 6) is 0.423. The van der Waals surface area contributed by atoms with Gasteiger partial charge in [0, 0.05) is 11.6 Å². The first-order valence-electron chi connectivity index (χ1n) is 6.71. The highest BCUT2D eigenvalue weighted by atomic mass is 35.5. The largest absolute Gasteiger partial charge is 0.459 e. The van der Waals surface area contributed by atoms with Gasteiger partial charge in [-0.3, -0.25) is 4.98 Å². The Morgan fingerprint density at radius 3 is 2.86 bits per heavy atom. The van der Waals surface area contributed by atoms with E-state index < -0.39 is 0 Å². The topological polar surface area (TPSA) is 38.1 Å². The Hall–Kier alpha value is -1.91. The predicted octanol–water partition coefficient (Wildman–Crippen LogP) is 4.32. The third kappa shape index (κ3) is 2.91. The lowest BCUT2D eigenvalue weighted by atomic mass is 10.1. The third-order valence-corrected chi connectivity index (χ3v) is 3.46. The number of benzene rings is 1. The molecule has 3 aromatic rings. The average Bonchev–Trinajstić information content (AvgIpc) is 2.88. The standard InChI is InChI=1S/C16H14ClFN2O/c1-2-19-16(13-5-3-11(17)9-20-13)15-8-10-7-12(18)4-6-14(10)21-15/h3-9,16,19H,2H2,1H3. The summed E-state index contributed by atoms with van der Waals surface area (Å²) in [6.07, 6.45) is 1.60. The molecule has 0 aliphatic carbocycles. The zero-order valence-electron chi connectivity index (χ0n) is 11.4. The van der Waals surface area contributed by atoms with Gasteiger partial charge in [-0.25, -0.2) is 4.39 Å². The molecule has 1 atom stereocenters. The molecule has 0 bridgehead atoms. The van der Waals surface area contributed by atoms with Crippen molar-refractivity contribution in [3.63, 3.8) is 0 Å². The number of fused-ring (bicyclic) bond motifs is 1. The molecule has 2 aromatic heterocycles. The van der Waals surface area contributed by atoms with E-state index in [0.29, 0.717) is 16.4 Å². The maximum Gasteiger partial charge on any atom is 0.134 e.